The zero-order valence-electron chi connectivity index (χ0n) is 23.7. The summed E-state index contributed by atoms with van der Waals surface area (Å²) in [6.45, 7) is 5.83. The van der Waals surface area contributed by atoms with Crippen LogP contribution < -0.4 is 10.1 Å². The SMILES string of the molecule is Br.CCCCCCCCCCCCCCOc1cc(NC(=O)c2cccc(CN3CSC=C3C)c2)ccc1Cl. The minimum atomic E-state index is -0.135. The molecular weight excluding hydrogens is 592 g/mol. The Balaban J connectivity index is 0.00000533. The van der Waals surface area contributed by atoms with Gasteiger partial charge in [-0.2, -0.15) is 0 Å². The van der Waals surface area contributed by atoms with Gasteiger partial charge < -0.3 is 15.0 Å². The van der Waals surface area contributed by atoms with Crippen molar-refractivity contribution >= 4 is 51.9 Å². The third-order valence-corrected chi connectivity index (χ3v) is 8.27. The molecule has 7 heteroatoms. The Labute approximate surface area is 256 Å². The number of nitrogens with one attached hydrogen (secondary N) is 1. The van der Waals surface area contributed by atoms with Crippen molar-refractivity contribution in [3.05, 3.63) is 69.7 Å². The van der Waals surface area contributed by atoms with E-state index >= 15 is 0 Å². The van der Waals surface area contributed by atoms with Gasteiger partial charge in [-0.1, -0.05) is 101 Å². The van der Waals surface area contributed by atoms with Gasteiger partial charge in [0, 0.05) is 29.6 Å². The van der Waals surface area contributed by atoms with Crippen LogP contribution in [-0.4, -0.2) is 23.3 Å². The number of anilines is 1. The summed E-state index contributed by atoms with van der Waals surface area (Å²) >= 11 is 8.17. The number of allylic oxidation sites excluding steroid dienone is 1. The maximum absolute atomic E-state index is 12.9. The van der Waals surface area contributed by atoms with Gasteiger partial charge in [-0.25, -0.2) is 0 Å². The first kappa shape index (κ1) is 33.6. The molecule has 0 unspecified atom stereocenters. The van der Waals surface area contributed by atoms with Crippen molar-refractivity contribution in [3.8, 4) is 5.75 Å². The monoisotopic (exact) mass is 636 g/mol. The highest BCUT2D eigenvalue weighted by molar-refractivity contribution is 8.93. The third kappa shape index (κ3) is 12.6. The molecule has 0 spiro atoms. The highest BCUT2D eigenvalue weighted by Crippen LogP contribution is 2.29. The molecule has 3 rings (SSSR count). The second kappa shape index (κ2) is 19.4. The van der Waals surface area contributed by atoms with E-state index in [4.69, 9.17) is 16.3 Å². The summed E-state index contributed by atoms with van der Waals surface area (Å²) in [6.07, 6.45) is 15.8. The lowest BCUT2D eigenvalue weighted by Crippen LogP contribution is -2.17. The predicted molar refractivity (Wildman–Crippen MR) is 175 cm³/mol. The molecule has 0 bridgehead atoms. The number of ether oxygens (including phenoxy) is 1. The quantitative estimate of drug-likeness (QED) is 0.165. The summed E-state index contributed by atoms with van der Waals surface area (Å²) in [5, 5.41) is 5.74. The molecule has 1 heterocycles. The number of unbranched alkanes of at least 4 members (excludes halogenated alkanes) is 11. The van der Waals surface area contributed by atoms with Crippen molar-refractivity contribution in [3.63, 3.8) is 0 Å². The molecule has 0 fully saturated rings. The number of amides is 1. The summed E-state index contributed by atoms with van der Waals surface area (Å²) in [6, 6.07) is 13.2. The van der Waals surface area contributed by atoms with Gasteiger partial charge in [-0.15, -0.1) is 28.7 Å². The Morgan fingerprint density at radius 2 is 1.62 bits per heavy atom. The molecular formula is C32H46BrClN2O2S. The van der Waals surface area contributed by atoms with Gasteiger partial charge in [0.05, 0.1) is 17.5 Å². The molecule has 0 radical (unpaired) electrons. The Bertz CT molecular complexity index is 1030. The van der Waals surface area contributed by atoms with Gasteiger partial charge in [-0.05, 0) is 48.6 Å². The van der Waals surface area contributed by atoms with Gasteiger partial charge >= 0.3 is 0 Å². The topological polar surface area (TPSA) is 41.6 Å². The fourth-order valence-corrected chi connectivity index (χ4v) is 5.76. The first-order valence-electron chi connectivity index (χ1n) is 14.4. The number of hydrogen-bond donors (Lipinski definition) is 1. The van der Waals surface area contributed by atoms with Crippen molar-refractivity contribution in [1.82, 2.24) is 4.90 Å². The third-order valence-electron chi connectivity index (χ3n) is 6.99. The number of carbonyl (C=O) groups is 1. The largest absolute Gasteiger partial charge is 0.492 e. The van der Waals surface area contributed by atoms with E-state index in [1.807, 2.05) is 30.3 Å². The number of hydrogen-bond acceptors (Lipinski definition) is 4. The van der Waals surface area contributed by atoms with E-state index in [1.165, 1.54) is 76.3 Å². The molecule has 1 aliphatic rings. The minimum Gasteiger partial charge on any atom is -0.492 e. The summed E-state index contributed by atoms with van der Waals surface area (Å²) in [4.78, 5) is 15.2. The number of carbonyl (C=O) groups excluding carboxylic acids is 1. The Morgan fingerprint density at radius 1 is 0.949 bits per heavy atom. The molecule has 0 saturated heterocycles. The zero-order valence-corrected chi connectivity index (χ0v) is 27.0. The smallest absolute Gasteiger partial charge is 0.255 e. The summed E-state index contributed by atoms with van der Waals surface area (Å²) in [5.74, 6) is 1.44. The first-order chi connectivity index (χ1) is 18.6. The maximum atomic E-state index is 12.9. The molecule has 0 saturated carbocycles. The molecule has 39 heavy (non-hydrogen) atoms. The van der Waals surface area contributed by atoms with E-state index in [9.17, 15) is 4.79 Å². The molecule has 216 valence electrons. The van der Waals surface area contributed by atoms with Gasteiger partial charge in [0.15, 0.2) is 0 Å². The van der Waals surface area contributed by atoms with Crippen LogP contribution in [0, 0.1) is 0 Å². The summed E-state index contributed by atoms with van der Waals surface area (Å²) in [5.41, 5.74) is 3.71. The van der Waals surface area contributed by atoms with Gasteiger partial charge in [0.1, 0.15) is 5.75 Å². The van der Waals surface area contributed by atoms with Crippen molar-refractivity contribution < 1.29 is 9.53 Å². The van der Waals surface area contributed by atoms with Gasteiger partial charge in [0.25, 0.3) is 5.91 Å². The molecule has 1 aliphatic heterocycles. The average Bonchev–Trinajstić information content (AvgIpc) is 3.32. The second-order valence-corrected chi connectivity index (χ2v) is 11.5. The van der Waals surface area contributed by atoms with Crippen molar-refractivity contribution in [1.29, 1.82) is 0 Å². The van der Waals surface area contributed by atoms with E-state index in [0.717, 1.165) is 24.4 Å². The molecule has 0 aliphatic carbocycles. The van der Waals surface area contributed by atoms with Crippen molar-refractivity contribution in [2.45, 2.75) is 97.4 Å². The van der Waals surface area contributed by atoms with Crippen LogP contribution in [0.5, 0.6) is 5.75 Å². The summed E-state index contributed by atoms with van der Waals surface area (Å²) in [7, 11) is 0. The fraction of sp³-hybridized carbons (Fsp3) is 0.531. The zero-order chi connectivity index (χ0) is 27.0. The van der Waals surface area contributed by atoms with E-state index in [0.29, 0.717) is 28.6 Å². The van der Waals surface area contributed by atoms with Crippen LogP contribution in [0.4, 0.5) is 5.69 Å². The number of nitrogens with zero attached hydrogens (tertiary/aromatic N) is 1. The average molecular weight is 638 g/mol. The van der Waals surface area contributed by atoms with Crippen LogP contribution >= 0.6 is 40.3 Å². The molecule has 4 nitrogen and oxygen atoms in total. The van der Waals surface area contributed by atoms with Crippen LogP contribution in [0.1, 0.15) is 107 Å². The van der Waals surface area contributed by atoms with Gasteiger partial charge in [0.2, 0.25) is 0 Å². The molecule has 2 aromatic carbocycles. The molecule has 0 aromatic heterocycles. The highest BCUT2D eigenvalue weighted by atomic mass is 79.9. The molecule has 1 amide bonds. The number of rotatable bonds is 18. The van der Waals surface area contributed by atoms with Gasteiger partial charge in [-0.3, -0.25) is 4.79 Å². The normalized spacial score (nSPS) is 12.7. The predicted octanol–water partition coefficient (Wildman–Crippen LogP) is 10.6. The molecule has 1 N–H and O–H groups in total. The van der Waals surface area contributed by atoms with Crippen LogP contribution in [0.25, 0.3) is 0 Å². The Hall–Kier alpha value is -1.63. The van der Waals surface area contributed by atoms with E-state index < -0.39 is 0 Å². The van der Waals surface area contributed by atoms with E-state index in [2.05, 4.69) is 35.5 Å². The summed E-state index contributed by atoms with van der Waals surface area (Å²) < 4.78 is 5.96. The van der Waals surface area contributed by atoms with E-state index in [-0.39, 0.29) is 22.9 Å². The first-order valence-corrected chi connectivity index (χ1v) is 15.9. The number of thioether (sulfide) groups is 1. The second-order valence-electron chi connectivity index (χ2n) is 10.3. The van der Waals surface area contributed by atoms with Crippen LogP contribution in [-0.2, 0) is 6.54 Å². The standard InChI is InChI=1S/C32H45ClN2O2S.BrH/c1-3-4-5-6-7-8-9-10-11-12-13-14-20-37-31-22-29(18-19-30(31)33)34-32(36)28-17-15-16-27(21-28)23-35-25-38-24-26(35)2;/h15-19,21-22,24H,3-14,20,23,25H2,1-2H3,(H,34,36);1H. The highest BCUT2D eigenvalue weighted by Gasteiger charge is 2.14. The number of halogens is 2. The Kier molecular flexibility index (Phi) is 16.7. The van der Waals surface area contributed by atoms with Crippen LogP contribution in [0.3, 0.4) is 0 Å². The minimum absolute atomic E-state index is 0. The lowest BCUT2D eigenvalue weighted by molar-refractivity contribution is 0.102. The lowest BCUT2D eigenvalue weighted by Gasteiger charge is -2.19. The van der Waals surface area contributed by atoms with Crippen LogP contribution in [0.15, 0.2) is 53.6 Å². The molecule has 0 atom stereocenters. The molecule has 2 aromatic rings. The maximum Gasteiger partial charge on any atom is 0.255 e. The van der Waals surface area contributed by atoms with Crippen molar-refractivity contribution in [2.75, 3.05) is 17.8 Å². The number of benzene rings is 2. The van der Waals surface area contributed by atoms with Crippen molar-refractivity contribution in [2.24, 2.45) is 0 Å². The fourth-order valence-electron chi connectivity index (χ4n) is 4.65. The van der Waals surface area contributed by atoms with Crippen LogP contribution in [0.2, 0.25) is 5.02 Å². The Morgan fingerprint density at radius 3 is 2.26 bits per heavy atom. The lowest BCUT2D eigenvalue weighted by atomic mass is 10.1. The van der Waals surface area contributed by atoms with E-state index in [1.54, 1.807) is 17.8 Å².